The van der Waals surface area contributed by atoms with Gasteiger partial charge in [0.1, 0.15) is 12.3 Å². The van der Waals surface area contributed by atoms with Crippen molar-refractivity contribution in [1.29, 1.82) is 0 Å². The number of benzene rings is 1. The van der Waals surface area contributed by atoms with Crippen LogP contribution in [0.15, 0.2) is 34.9 Å². The number of nitrogens with one attached hydrogen (secondary N) is 1. The Labute approximate surface area is 199 Å². The number of aryl methyl sites for hydroxylation is 3. The molecule has 2 aromatic heterocycles. The lowest BCUT2D eigenvalue weighted by Gasteiger charge is -2.26. The van der Waals surface area contributed by atoms with E-state index in [0.29, 0.717) is 5.76 Å². The molecule has 1 N–H and O–H groups in total. The van der Waals surface area contributed by atoms with Gasteiger partial charge in [-0.2, -0.15) is 5.10 Å². The van der Waals surface area contributed by atoms with Crippen molar-refractivity contribution in [2.75, 3.05) is 13.1 Å². The third kappa shape index (κ3) is 3.63. The van der Waals surface area contributed by atoms with Gasteiger partial charge in [0.2, 0.25) is 5.91 Å². The van der Waals surface area contributed by atoms with Crippen molar-refractivity contribution < 1.29 is 14.0 Å². The van der Waals surface area contributed by atoms with Crippen LogP contribution in [0.1, 0.15) is 70.3 Å². The summed E-state index contributed by atoms with van der Waals surface area (Å²) in [6.07, 6.45) is 8.73. The van der Waals surface area contributed by atoms with Crippen LogP contribution in [0.4, 0.5) is 0 Å². The maximum absolute atomic E-state index is 13.0. The van der Waals surface area contributed by atoms with Crippen LogP contribution < -0.4 is 5.32 Å². The number of rotatable bonds is 4. The molecule has 6 rings (SSSR count). The number of aromatic nitrogens is 2. The van der Waals surface area contributed by atoms with Crippen molar-refractivity contribution in [3.05, 3.63) is 64.2 Å². The summed E-state index contributed by atoms with van der Waals surface area (Å²) in [6.45, 7) is 3.72. The lowest BCUT2D eigenvalue weighted by atomic mass is 9.88. The monoisotopic (exact) mass is 458 g/mol. The molecule has 1 atom stereocenters. The van der Waals surface area contributed by atoms with Crippen LogP contribution in [0.25, 0.3) is 11.3 Å². The minimum absolute atomic E-state index is 0.0162. The summed E-state index contributed by atoms with van der Waals surface area (Å²) in [5.41, 5.74) is 6.31. The van der Waals surface area contributed by atoms with Gasteiger partial charge >= 0.3 is 0 Å². The highest BCUT2D eigenvalue weighted by molar-refractivity contribution is 5.95. The number of amides is 2. The van der Waals surface area contributed by atoms with E-state index in [0.717, 1.165) is 86.2 Å². The first-order valence-electron chi connectivity index (χ1n) is 12.4. The molecule has 3 heterocycles. The fourth-order valence-electron chi connectivity index (χ4n) is 5.80. The van der Waals surface area contributed by atoms with Gasteiger partial charge in [0.05, 0.1) is 11.7 Å². The van der Waals surface area contributed by atoms with Gasteiger partial charge in [-0.05, 0) is 62.1 Å². The summed E-state index contributed by atoms with van der Waals surface area (Å²) in [5, 5.41) is 7.99. The van der Waals surface area contributed by atoms with Crippen molar-refractivity contribution in [1.82, 2.24) is 20.0 Å². The van der Waals surface area contributed by atoms with E-state index in [1.807, 2.05) is 24.1 Å². The summed E-state index contributed by atoms with van der Waals surface area (Å²) in [4.78, 5) is 27.8. The number of hydrogen-bond acceptors (Lipinski definition) is 4. The number of nitrogens with zero attached hydrogens (tertiary/aromatic N) is 3. The Hall–Kier alpha value is -3.35. The van der Waals surface area contributed by atoms with Crippen LogP contribution in [0, 0.1) is 6.92 Å². The number of fused-ring (bicyclic) bond motifs is 4. The van der Waals surface area contributed by atoms with Crippen LogP contribution in [-0.2, 0) is 30.6 Å². The Bertz CT molecular complexity index is 1260. The Balaban J connectivity index is 1.21. The molecule has 1 saturated heterocycles. The summed E-state index contributed by atoms with van der Waals surface area (Å²) in [7, 11) is 0. The molecule has 0 bridgehead atoms. The normalized spacial score (nSPS) is 18.9. The fraction of sp³-hybridized carbons (Fsp3) is 0.444. The van der Waals surface area contributed by atoms with Gasteiger partial charge in [-0.25, -0.2) is 0 Å². The molecule has 1 aromatic carbocycles. The minimum Gasteiger partial charge on any atom is -0.455 e. The predicted molar refractivity (Wildman–Crippen MR) is 127 cm³/mol. The quantitative estimate of drug-likeness (QED) is 0.641. The van der Waals surface area contributed by atoms with Gasteiger partial charge in [-0.15, -0.1) is 0 Å². The average molecular weight is 459 g/mol. The van der Waals surface area contributed by atoms with E-state index in [-0.39, 0.29) is 24.4 Å². The second-order valence-electron chi connectivity index (χ2n) is 9.77. The second-order valence-corrected chi connectivity index (χ2v) is 9.77. The number of furan rings is 1. The standard InChI is InChI=1S/C27H30N4O3/c1-17-24-22(34-26(17)27(33)30-13-4-5-14-30)12-11-19-15-31(29-25(19)24)16-23(32)28-21-10-6-8-18-7-2-3-9-20(18)21/h2-3,7,9,15,21H,4-6,8,10-14,16H2,1H3,(H,28,32)/t21-/m1/s1. The summed E-state index contributed by atoms with van der Waals surface area (Å²) in [5.74, 6) is 1.23. The molecular formula is C27H30N4O3. The van der Waals surface area contributed by atoms with Crippen LogP contribution in [0.5, 0.6) is 0 Å². The maximum atomic E-state index is 13.0. The van der Waals surface area contributed by atoms with Crippen molar-refractivity contribution in [2.45, 2.75) is 64.5 Å². The SMILES string of the molecule is Cc1c(C(=O)N2CCCC2)oc2c1-c1nn(CC(=O)N[C@@H]3CCCc4ccccc43)cc1CC2. The molecule has 3 aliphatic rings. The van der Waals surface area contributed by atoms with E-state index >= 15 is 0 Å². The largest absolute Gasteiger partial charge is 0.455 e. The maximum Gasteiger partial charge on any atom is 0.289 e. The van der Waals surface area contributed by atoms with Crippen molar-refractivity contribution >= 4 is 11.8 Å². The smallest absolute Gasteiger partial charge is 0.289 e. The Morgan fingerprint density at radius 2 is 1.91 bits per heavy atom. The molecule has 3 aromatic rings. The summed E-state index contributed by atoms with van der Waals surface area (Å²) in [6, 6.07) is 8.44. The number of hydrogen-bond donors (Lipinski definition) is 1. The first-order valence-corrected chi connectivity index (χ1v) is 12.4. The van der Waals surface area contributed by atoms with Crippen LogP contribution >= 0.6 is 0 Å². The van der Waals surface area contributed by atoms with Crippen LogP contribution in [0.3, 0.4) is 0 Å². The van der Waals surface area contributed by atoms with Gasteiger partial charge < -0.3 is 14.6 Å². The van der Waals surface area contributed by atoms with E-state index < -0.39 is 0 Å². The molecule has 7 nitrogen and oxygen atoms in total. The summed E-state index contributed by atoms with van der Waals surface area (Å²) < 4.78 is 7.81. The van der Waals surface area contributed by atoms with Crippen LogP contribution in [0.2, 0.25) is 0 Å². The van der Waals surface area contributed by atoms with E-state index in [1.165, 1.54) is 11.1 Å². The van der Waals surface area contributed by atoms with Gasteiger partial charge in [0, 0.05) is 36.8 Å². The molecule has 0 radical (unpaired) electrons. The zero-order valence-electron chi connectivity index (χ0n) is 19.6. The minimum atomic E-state index is -0.0319. The zero-order chi connectivity index (χ0) is 23.2. The topological polar surface area (TPSA) is 80.4 Å². The fourth-order valence-corrected chi connectivity index (χ4v) is 5.80. The number of carbonyl (C=O) groups is 2. The third-order valence-corrected chi connectivity index (χ3v) is 7.51. The second kappa shape index (κ2) is 8.46. The Kier molecular flexibility index (Phi) is 5.27. The predicted octanol–water partition coefficient (Wildman–Crippen LogP) is 3.98. The first-order chi connectivity index (χ1) is 16.6. The zero-order valence-corrected chi connectivity index (χ0v) is 19.6. The third-order valence-electron chi connectivity index (χ3n) is 7.51. The molecule has 2 amide bonds. The van der Waals surface area contributed by atoms with Gasteiger partial charge in [-0.3, -0.25) is 14.3 Å². The van der Waals surface area contributed by atoms with Gasteiger partial charge in [-0.1, -0.05) is 24.3 Å². The highest BCUT2D eigenvalue weighted by Crippen LogP contribution is 2.39. The molecule has 34 heavy (non-hydrogen) atoms. The highest BCUT2D eigenvalue weighted by Gasteiger charge is 2.32. The number of likely N-dealkylation sites (tertiary alicyclic amines) is 1. The average Bonchev–Trinajstić information content (AvgIpc) is 3.57. The molecule has 7 heteroatoms. The van der Waals surface area contributed by atoms with E-state index in [4.69, 9.17) is 9.52 Å². The lowest BCUT2D eigenvalue weighted by Crippen LogP contribution is -2.33. The highest BCUT2D eigenvalue weighted by atomic mass is 16.4. The molecular weight excluding hydrogens is 428 g/mol. The van der Waals surface area contributed by atoms with Crippen molar-refractivity contribution in [3.63, 3.8) is 0 Å². The molecule has 1 aliphatic heterocycles. The van der Waals surface area contributed by atoms with Gasteiger partial charge in [0.15, 0.2) is 5.76 Å². The van der Waals surface area contributed by atoms with E-state index in [1.54, 1.807) is 4.68 Å². The molecule has 0 unspecified atom stereocenters. The molecule has 0 saturated carbocycles. The Morgan fingerprint density at radius 3 is 2.76 bits per heavy atom. The molecule has 1 fully saturated rings. The first kappa shape index (κ1) is 21.2. The molecule has 176 valence electrons. The number of carbonyl (C=O) groups excluding carboxylic acids is 2. The summed E-state index contributed by atoms with van der Waals surface area (Å²) >= 11 is 0. The molecule has 2 aliphatic carbocycles. The lowest BCUT2D eigenvalue weighted by molar-refractivity contribution is -0.122. The van der Waals surface area contributed by atoms with Gasteiger partial charge in [0.25, 0.3) is 5.91 Å². The van der Waals surface area contributed by atoms with E-state index in [9.17, 15) is 9.59 Å². The van der Waals surface area contributed by atoms with Crippen LogP contribution in [-0.4, -0.2) is 39.6 Å². The van der Waals surface area contributed by atoms with E-state index in [2.05, 4.69) is 23.5 Å². The van der Waals surface area contributed by atoms with Crippen molar-refractivity contribution in [3.8, 4) is 11.3 Å². The Morgan fingerprint density at radius 1 is 1.09 bits per heavy atom. The van der Waals surface area contributed by atoms with Crippen molar-refractivity contribution in [2.24, 2.45) is 0 Å². The molecule has 0 spiro atoms.